The lowest BCUT2D eigenvalue weighted by molar-refractivity contribution is -0.117. The molecule has 2 heterocycles. The summed E-state index contributed by atoms with van der Waals surface area (Å²) in [5.41, 5.74) is 8.37. The summed E-state index contributed by atoms with van der Waals surface area (Å²) in [6, 6.07) is 8.08. The molecular weight excluding hydrogens is 346 g/mol. The maximum absolute atomic E-state index is 11.7. The van der Waals surface area contributed by atoms with Crippen LogP contribution in [-0.4, -0.2) is 46.2 Å². The van der Waals surface area contributed by atoms with Gasteiger partial charge in [0.2, 0.25) is 5.95 Å². The molecule has 0 amide bonds. The van der Waals surface area contributed by atoms with Crippen LogP contribution in [0.2, 0.25) is 0 Å². The number of hydrogen-bond acceptors (Lipinski definition) is 6. The second kappa shape index (κ2) is 8.80. The highest BCUT2D eigenvalue weighted by Gasteiger charge is 2.13. The molecule has 2 aromatic rings. The number of anilines is 1. The fourth-order valence-corrected chi connectivity index (χ4v) is 3.79. The first kappa shape index (κ1) is 18.4. The Kier molecular flexibility index (Phi) is 6.22. The Morgan fingerprint density at radius 1 is 1.19 bits per heavy atom. The molecule has 1 aliphatic rings. The van der Waals surface area contributed by atoms with Gasteiger partial charge in [-0.1, -0.05) is 24.3 Å². The van der Waals surface area contributed by atoms with Crippen LogP contribution >= 0.6 is 11.8 Å². The van der Waals surface area contributed by atoms with Gasteiger partial charge in [-0.05, 0) is 17.5 Å². The minimum Gasteiger partial charge on any atom is -0.387 e. The van der Waals surface area contributed by atoms with Gasteiger partial charge < -0.3 is 10.6 Å². The zero-order chi connectivity index (χ0) is 18.4. The number of benzene rings is 1. The zero-order valence-electron chi connectivity index (χ0n) is 14.6. The molecule has 1 saturated heterocycles. The van der Waals surface area contributed by atoms with E-state index in [0.29, 0.717) is 12.8 Å². The zero-order valence-corrected chi connectivity index (χ0v) is 15.5. The van der Waals surface area contributed by atoms with Gasteiger partial charge in [-0.25, -0.2) is 9.97 Å². The Hall–Kier alpha value is -2.41. The fourth-order valence-electron chi connectivity index (χ4n) is 2.89. The van der Waals surface area contributed by atoms with Crippen molar-refractivity contribution in [1.29, 1.82) is 5.41 Å². The van der Waals surface area contributed by atoms with Crippen LogP contribution in [0.1, 0.15) is 18.4 Å². The second-order valence-corrected chi connectivity index (χ2v) is 7.54. The summed E-state index contributed by atoms with van der Waals surface area (Å²) in [4.78, 5) is 23.0. The standard InChI is InChI=1S/C19H23N5OS/c20-18(21)11-17(25)5-4-14-2-1-3-15(10-14)16-12-22-19(23-13-16)24-6-8-26-9-7-24/h1-3,10,12-13H,4-9,11H2,(H3,20,21). The number of carbonyl (C=O) groups excluding carboxylic acids is 1. The fraction of sp³-hybridized carbons (Fsp3) is 0.368. The predicted octanol–water partition coefficient (Wildman–Crippen LogP) is 2.52. The Bertz CT molecular complexity index is 772. The van der Waals surface area contributed by atoms with Crippen LogP contribution in [0, 0.1) is 5.41 Å². The molecule has 0 unspecified atom stereocenters. The van der Waals surface area contributed by atoms with E-state index in [1.807, 2.05) is 42.4 Å². The summed E-state index contributed by atoms with van der Waals surface area (Å²) in [5, 5.41) is 7.18. The lowest BCUT2D eigenvalue weighted by Gasteiger charge is -2.26. The molecule has 7 heteroatoms. The van der Waals surface area contributed by atoms with Gasteiger partial charge in [-0.15, -0.1) is 0 Å². The molecule has 1 aromatic heterocycles. The molecule has 0 radical (unpaired) electrons. The van der Waals surface area contributed by atoms with Crippen molar-refractivity contribution in [3.8, 4) is 11.1 Å². The van der Waals surface area contributed by atoms with Crippen molar-refractivity contribution in [3.63, 3.8) is 0 Å². The first-order chi connectivity index (χ1) is 12.6. The first-order valence-corrected chi connectivity index (χ1v) is 9.86. The Balaban J connectivity index is 1.65. The van der Waals surface area contributed by atoms with Gasteiger partial charge in [0, 0.05) is 49.0 Å². The van der Waals surface area contributed by atoms with Crippen LogP contribution in [0.25, 0.3) is 11.1 Å². The van der Waals surface area contributed by atoms with Gasteiger partial charge in [0.05, 0.1) is 12.3 Å². The summed E-state index contributed by atoms with van der Waals surface area (Å²) in [6.45, 7) is 1.99. The van der Waals surface area contributed by atoms with Crippen LogP contribution in [0.3, 0.4) is 0 Å². The van der Waals surface area contributed by atoms with E-state index < -0.39 is 0 Å². The maximum atomic E-state index is 11.7. The number of aryl methyl sites for hydroxylation is 1. The molecule has 3 rings (SSSR count). The third kappa shape index (κ3) is 5.05. The quantitative estimate of drug-likeness (QED) is 0.575. The summed E-state index contributed by atoms with van der Waals surface area (Å²) < 4.78 is 0. The summed E-state index contributed by atoms with van der Waals surface area (Å²) >= 11 is 1.96. The van der Waals surface area contributed by atoms with E-state index in [-0.39, 0.29) is 18.0 Å². The van der Waals surface area contributed by atoms with Gasteiger partial charge in [0.1, 0.15) is 5.78 Å². The topological polar surface area (TPSA) is 96.0 Å². The highest BCUT2D eigenvalue weighted by molar-refractivity contribution is 7.99. The Morgan fingerprint density at radius 3 is 2.62 bits per heavy atom. The Morgan fingerprint density at radius 2 is 1.92 bits per heavy atom. The van der Waals surface area contributed by atoms with E-state index in [1.54, 1.807) is 0 Å². The summed E-state index contributed by atoms with van der Waals surface area (Å²) in [6.07, 6.45) is 4.80. The smallest absolute Gasteiger partial charge is 0.225 e. The lowest BCUT2D eigenvalue weighted by Crippen LogP contribution is -2.33. The first-order valence-electron chi connectivity index (χ1n) is 8.70. The lowest BCUT2D eigenvalue weighted by atomic mass is 10.0. The third-order valence-corrected chi connectivity index (χ3v) is 5.22. The molecule has 136 valence electrons. The summed E-state index contributed by atoms with van der Waals surface area (Å²) in [7, 11) is 0. The molecule has 3 N–H and O–H groups in total. The van der Waals surface area contributed by atoms with Gasteiger partial charge in [-0.3, -0.25) is 10.2 Å². The normalized spacial score (nSPS) is 14.2. The minimum atomic E-state index is -0.0757. The molecule has 0 bridgehead atoms. The molecule has 0 saturated carbocycles. The van der Waals surface area contributed by atoms with Crippen molar-refractivity contribution >= 4 is 29.3 Å². The van der Waals surface area contributed by atoms with Gasteiger partial charge in [0.25, 0.3) is 0 Å². The van der Waals surface area contributed by atoms with Crippen molar-refractivity contribution in [1.82, 2.24) is 9.97 Å². The largest absolute Gasteiger partial charge is 0.387 e. The van der Waals surface area contributed by atoms with E-state index in [2.05, 4.69) is 20.9 Å². The van der Waals surface area contributed by atoms with Crippen LogP contribution < -0.4 is 10.6 Å². The van der Waals surface area contributed by atoms with Crippen molar-refractivity contribution in [2.24, 2.45) is 5.73 Å². The van der Waals surface area contributed by atoms with Gasteiger partial charge >= 0.3 is 0 Å². The van der Waals surface area contributed by atoms with Crippen LogP contribution in [0.4, 0.5) is 5.95 Å². The molecule has 26 heavy (non-hydrogen) atoms. The highest BCUT2D eigenvalue weighted by atomic mass is 32.2. The molecule has 0 atom stereocenters. The number of thioether (sulfide) groups is 1. The molecule has 0 spiro atoms. The number of carbonyl (C=O) groups is 1. The van der Waals surface area contributed by atoms with E-state index in [0.717, 1.165) is 47.2 Å². The van der Waals surface area contributed by atoms with E-state index >= 15 is 0 Å². The predicted molar refractivity (Wildman–Crippen MR) is 107 cm³/mol. The number of nitrogens with one attached hydrogen (secondary N) is 1. The van der Waals surface area contributed by atoms with Crippen LogP contribution in [0.15, 0.2) is 36.7 Å². The maximum Gasteiger partial charge on any atom is 0.225 e. The number of rotatable bonds is 7. The molecule has 1 aromatic carbocycles. The number of Topliss-reactive ketones (excluding diaryl/α,β-unsaturated/α-hetero) is 1. The molecule has 1 aliphatic heterocycles. The van der Waals surface area contributed by atoms with E-state index in [4.69, 9.17) is 11.1 Å². The number of nitrogens with zero attached hydrogens (tertiary/aromatic N) is 3. The monoisotopic (exact) mass is 369 g/mol. The van der Waals surface area contributed by atoms with Crippen molar-refractivity contribution in [2.45, 2.75) is 19.3 Å². The number of amidine groups is 1. The number of nitrogens with two attached hydrogens (primary N) is 1. The van der Waals surface area contributed by atoms with E-state index in [1.165, 1.54) is 0 Å². The average molecular weight is 369 g/mol. The molecule has 6 nitrogen and oxygen atoms in total. The van der Waals surface area contributed by atoms with Gasteiger partial charge in [-0.2, -0.15) is 11.8 Å². The Labute approximate surface area is 157 Å². The van der Waals surface area contributed by atoms with Crippen molar-refractivity contribution < 1.29 is 4.79 Å². The number of ketones is 1. The average Bonchev–Trinajstić information content (AvgIpc) is 2.67. The minimum absolute atomic E-state index is 0.00437. The SMILES string of the molecule is N=C(N)CC(=O)CCc1cccc(-c2cnc(N3CCSCC3)nc2)c1. The molecule has 1 fully saturated rings. The van der Waals surface area contributed by atoms with Crippen molar-refractivity contribution in [2.75, 3.05) is 29.5 Å². The van der Waals surface area contributed by atoms with Crippen LogP contribution in [-0.2, 0) is 11.2 Å². The van der Waals surface area contributed by atoms with E-state index in [9.17, 15) is 4.79 Å². The van der Waals surface area contributed by atoms with Gasteiger partial charge in [0.15, 0.2) is 0 Å². The summed E-state index contributed by atoms with van der Waals surface area (Å²) in [5.74, 6) is 2.95. The highest BCUT2D eigenvalue weighted by Crippen LogP contribution is 2.22. The number of hydrogen-bond donors (Lipinski definition) is 2. The number of aromatic nitrogens is 2. The van der Waals surface area contributed by atoms with Crippen LogP contribution in [0.5, 0.6) is 0 Å². The molecule has 0 aliphatic carbocycles. The third-order valence-electron chi connectivity index (χ3n) is 4.27. The second-order valence-electron chi connectivity index (χ2n) is 6.31. The van der Waals surface area contributed by atoms with Crippen molar-refractivity contribution in [3.05, 3.63) is 42.2 Å². The molecular formula is C19H23N5OS.